The maximum atomic E-state index is 6.17. The first kappa shape index (κ1) is 14.5. The van der Waals surface area contributed by atoms with Crippen LogP contribution in [-0.4, -0.2) is 20.3 Å². The molecular weight excluding hydrogens is 234 g/mol. The van der Waals surface area contributed by atoms with Crippen molar-refractivity contribution < 1.29 is 4.74 Å². The minimum absolute atomic E-state index is 0.463. The summed E-state index contributed by atoms with van der Waals surface area (Å²) < 4.78 is 5.11. The Morgan fingerprint density at radius 3 is 2.65 bits per heavy atom. The molecule has 0 aliphatic carbocycles. The van der Waals surface area contributed by atoms with Crippen molar-refractivity contribution >= 4 is 11.6 Å². The van der Waals surface area contributed by atoms with Gasteiger partial charge in [-0.3, -0.25) is 0 Å². The molecule has 0 fully saturated rings. The largest absolute Gasteiger partial charge is 0.385 e. The lowest BCUT2D eigenvalue weighted by Crippen LogP contribution is -2.24. The first-order valence-electron chi connectivity index (χ1n) is 6.11. The molecule has 3 heteroatoms. The molecule has 1 rings (SSSR count). The number of hydrogen-bond donors (Lipinski definition) is 1. The zero-order chi connectivity index (χ0) is 12.7. The number of hydrogen-bond acceptors (Lipinski definition) is 2. The zero-order valence-electron chi connectivity index (χ0n) is 10.7. The van der Waals surface area contributed by atoms with Crippen molar-refractivity contribution in [2.75, 3.05) is 20.3 Å². The molecule has 0 saturated heterocycles. The van der Waals surface area contributed by atoms with Gasteiger partial charge in [0.15, 0.2) is 0 Å². The number of ether oxygens (including phenoxy) is 1. The summed E-state index contributed by atoms with van der Waals surface area (Å²) in [6, 6.07) is 7.99. The third-order valence-corrected chi connectivity index (χ3v) is 3.69. The Morgan fingerprint density at radius 2 is 2.06 bits per heavy atom. The van der Waals surface area contributed by atoms with E-state index >= 15 is 0 Å². The zero-order valence-corrected chi connectivity index (χ0v) is 11.4. The van der Waals surface area contributed by atoms with Gasteiger partial charge in [-0.2, -0.15) is 0 Å². The predicted octanol–water partition coefficient (Wildman–Crippen LogP) is 3.13. The normalized spacial score (nSPS) is 14.6. The molecule has 0 amide bonds. The van der Waals surface area contributed by atoms with Gasteiger partial charge in [-0.15, -0.1) is 0 Å². The second-order valence-corrected chi connectivity index (χ2v) is 4.96. The van der Waals surface area contributed by atoms with Crippen LogP contribution in [0.5, 0.6) is 0 Å². The summed E-state index contributed by atoms with van der Waals surface area (Å²) in [4.78, 5) is 0. The summed E-state index contributed by atoms with van der Waals surface area (Å²) in [5, 5.41) is 0.838. The van der Waals surface area contributed by atoms with Crippen LogP contribution in [0.3, 0.4) is 0 Å². The molecule has 17 heavy (non-hydrogen) atoms. The molecular formula is C14H22ClNO. The lowest BCUT2D eigenvalue weighted by atomic mass is 9.86. The second-order valence-electron chi connectivity index (χ2n) is 4.55. The lowest BCUT2D eigenvalue weighted by Gasteiger charge is -2.22. The van der Waals surface area contributed by atoms with Gasteiger partial charge < -0.3 is 10.5 Å². The Balaban J connectivity index is 2.60. The second kappa shape index (κ2) is 7.70. The third kappa shape index (κ3) is 4.66. The Labute approximate surface area is 109 Å². The summed E-state index contributed by atoms with van der Waals surface area (Å²) in [5.74, 6) is 1.02. The maximum Gasteiger partial charge on any atom is 0.0464 e. The molecule has 2 N–H and O–H groups in total. The van der Waals surface area contributed by atoms with E-state index in [0.717, 1.165) is 24.5 Å². The van der Waals surface area contributed by atoms with E-state index in [-0.39, 0.29) is 0 Å². The number of methoxy groups -OCH3 is 1. The van der Waals surface area contributed by atoms with E-state index in [4.69, 9.17) is 22.1 Å². The SMILES string of the molecule is COCCC(C)C(CN)Cc1ccccc1Cl. The van der Waals surface area contributed by atoms with Crippen molar-refractivity contribution in [3.8, 4) is 0 Å². The lowest BCUT2D eigenvalue weighted by molar-refractivity contribution is 0.166. The predicted molar refractivity (Wildman–Crippen MR) is 73.4 cm³/mol. The van der Waals surface area contributed by atoms with Crippen molar-refractivity contribution in [1.29, 1.82) is 0 Å². The molecule has 0 radical (unpaired) electrons. The number of halogens is 1. The number of benzene rings is 1. The van der Waals surface area contributed by atoms with Crippen LogP contribution in [0.25, 0.3) is 0 Å². The molecule has 0 aromatic heterocycles. The van der Waals surface area contributed by atoms with E-state index in [1.807, 2.05) is 18.2 Å². The molecule has 96 valence electrons. The molecule has 2 atom stereocenters. The van der Waals surface area contributed by atoms with Gasteiger partial charge in [0.1, 0.15) is 0 Å². The van der Waals surface area contributed by atoms with Gasteiger partial charge in [0.2, 0.25) is 0 Å². The molecule has 0 saturated carbocycles. The molecule has 0 spiro atoms. The first-order valence-corrected chi connectivity index (χ1v) is 6.49. The monoisotopic (exact) mass is 255 g/mol. The Morgan fingerprint density at radius 1 is 1.35 bits per heavy atom. The molecule has 1 aromatic carbocycles. The number of rotatable bonds is 7. The topological polar surface area (TPSA) is 35.2 Å². The highest BCUT2D eigenvalue weighted by Crippen LogP contribution is 2.24. The van der Waals surface area contributed by atoms with E-state index < -0.39 is 0 Å². The fourth-order valence-electron chi connectivity index (χ4n) is 2.00. The van der Waals surface area contributed by atoms with Crippen molar-refractivity contribution in [3.05, 3.63) is 34.9 Å². The van der Waals surface area contributed by atoms with Crippen LogP contribution < -0.4 is 5.73 Å². The molecule has 0 aliphatic rings. The van der Waals surface area contributed by atoms with E-state index in [1.54, 1.807) is 7.11 Å². The van der Waals surface area contributed by atoms with Gasteiger partial charge in [-0.1, -0.05) is 36.7 Å². The van der Waals surface area contributed by atoms with Crippen LogP contribution >= 0.6 is 11.6 Å². The van der Waals surface area contributed by atoms with E-state index in [9.17, 15) is 0 Å². The van der Waals surface area contributed by atoms with Crippen molar-refractivity contribution in [3.63, 3.8) is 0 Å². The molecule has 2 unspecified atom stereocenters. The van der Waals surface area contributed by atoms with Gasteiger partial charge in [-0.05, 0) is 42.9 Å². The summed E-state index contributed by atoms with van der Waals surface area (Å²) >= 11 is 6.17. The molecule has 2 nitrogen and oxygen atoms in total. The Bertz CT molecular complexity index is 330. The van der Waals surface area contributed by atoms with E-state index in [0.29, 0.717) is 18.4 Å². The van der Waals surface area contributed by atoms with E-state index in [2.05, 4.69) is 13.0 Å². The fourth-order valence-corrected chi connectivity index (χ4v) is 2.22. The van der Waals surface area contributed by atoms with Gasteiger partial charge in [0.25, 0.3) is 0 Å². The Hall–Kier alpha value is -0.570. The molecule has 1 aromatic rings. The van der Waals surface area contributed by atoms with Crippen molar-refractivity contribution in [1.82, 2.24) is 0 Å². The van der Waals surface area contributed by atoms with Crippen LogP contribution in [-0.2, 0) is 11.2 Å². The van der Waals surface area contributed by atoms with Gasteiger partial charge in [0.05, 0.1) is 0 Å². The standard InChI is InChI=1S/C14H22ClNO/c1-11(7-8-17-2)13(10-16)9-12-5-3-4-6-14(12)15/h3-6,11,13H,7-10,16H2,1-2H3. The minimum atomic E-state index is 0.463. The average molecular weight is 256 g/mol. The summed E-state index contributed by atoms with van der Waals surface area (Å²) in [6.45, 7) is 3.71. The Kier molecular flexibility index (Phi) is 6.56. The molecule has 0 heterocycles. The van der Waals surface area contributed by atoms with Gasteiger partial charge in [-0.25, -0.2) is 0 Å². The number of nitrogens with two attached hydrogens (primary N) is 1. The molecule has 0 aliphatic heterocycles. The highest BCUT2D eigenvalue weighted by Gasteiger charge is 2.17. The highest BCUT2D eigenvalue weighted by molar-refractivity contribution is 6.31. The summed E-state index contributed by atoms with van der Waals surface area (Å²) in [6.07, 6.45) is 1.99. The minimum Gasteiger partial charge on any atom is -0.385 e. The summed E-state index contributed by atoms with van der Waals surface area (Å²) in [5.41, 5.74) is 7.05. The molecule has 0 bridgehead atoms. The summed E-state index contributed by atoms with van der Waals surface area (Å²) in [7, 11) is 1.73. The van der Waals surface area contributed by atoms with Crippen molar-refractivity contribution in [2.24, 2.45) is 17.6 Å². The smallest absolute Gasteiger partial charge is 0.0464 e. The highest BCUT2D eigenvalue weighted by atomic mass is 35.5. The maximum absolute atomic E-state index is 6.17. The van der Waals surface area contributed by atoms with Crippen LogP contribution in [0, 0.1) is 11.8 Å². The van der Waals surface area contributed by atoms with E-state index in [1.165, 1.54) is 5.56 Å². The van der Waals surface area contributed by atoms with Crippen LogP contribution in [0.4, 0.5) is 0 Å². The third-order valence-electron chi connectivity index (χ3n) is 3.32. The van der Waals surface area contributed by atoms with Crippen LogP contribution in [0.15, 0.2) is 24.3 Å². The fraction of sp³-hybridized carbons (Fsp3) is 0.571. The van der Waals surface area contributed by atoms with Gasteiger partial charge in [0, 0.05) is 18.7 Å². The first-order chi connectivity index (χ1) is 8.19. The van der Waals surface area contributed by atoms with Crippen LogP contribution in [0.1, 0.15) is 18.9 Å². The van der Waals surface area contributed by atoms with Crippen LogP contribution in [0.2, 0.25) is 5.02 Å². The van der Waals surface area contributed by atoms with Crippen molar-refractivity contribution in [2.45, 2.75) is 19.8 Å². The quantitative estimate of drug-likeness (QED) is 0.813. The van der Waals surface area contributed by atoms with Gasteiger partial charge >= 0.3 is 0 Å². The average Bonchev–Trinajstić information content (AvgIpc) is 2.35.